The molecule has 2 N–H and O–H groups in total. The molecule has 2 rings (SSSR count). The molecule has 0 saturated heterocycles. The lowest BCUT2D eigenvalue weighted by Crippen LogP contribution is -2.17. The van der Waals surface area contributed by atoms with Crippen molar-refractivity contribution >= 4 is 17.7 Å². The Morgan fingerprint density at radius 3 is 2.63 bits per heavy atom. The van der Waals surface area contributed by atoms with E-state index in [1.807, 2.05) is 0 Å². The van der Waals surface area contributed by atoms with E-state index in [1.165, 1.54) is 30.6 Å². The number of benzene rings is 1. The Hall–Kier alpha value is -2.83. The van der Waals surface area contributed by atoms with Crippen molar-refractivity contribution in [2.45, 2.75) is 0 Å². The number of nitrogens with one attached hydrogen (secondary N) is 1. The van der Waals surface area contributed by atoms with Gasteiger partial charge in [-0.2, -0.15) is 0 Å². The summed E-state index contributed by atoms with van der Waals surface area (Å²) < 4.78 is 13.0. The highest BCUT2D eigenvalue weighted by Crippen LogP contribution is 2.11. The molecule has 0 bridgehead atoms. The highest BCUT2D eigenvalue weighted by atomic mass is 19.1. The third kappa shape index (κ3) is 2.89. The van der Waals surface area contributed by atoms with Crippen molar-refractivity contribution in [2.75, 3.05) is 5.32 Å². The monoisotopic (exact) mass is 261 g/mol. The zero-order valence-electron chi connectivity index (χ0n) is 9.50. The summed E-state index contributed by atoms with van der Waals surface area (Å²) in [6.45, 7) is 0. The molecule has 0 fully saturated rings. The topological polar surface area (TPSA) is 92.2 Å². The molecule has 0 aliphatic rings. The number of carbonyl (C=O) groups is 2. The van der Waals surface area contributed by atoms with Crippen LogP contribution in [0.4, 0.5) is 10.2 Å². The largest absolute Gasteiger partial charge is 0.476 e. The average molecular weight is 261 g/mol. The van der Waals surface area contributed by atoms with E-state index in [1.54, 1.807) is 0 Å². The Labute approximate surface area is 106 Å². The van der Waals surface area contributed by atoms with Crippen molar-refractivity contribution in [1.29, 1.82) is 0 Å². The summed E-state index contributed by atoms with van der Waals surface area (Å²) in [4.78, 5) is 30.0. The number of rotatable bonds is 3. The molecule has 0 radical (unpaired) electrons. The molecule has 0 unspecified atom stereocenters. The number of aromatic nitrogens is 2. The second kappa shape index (κ2) is 5.21. The van der Waals surface area contributed by atoms with Gasteiger partial charge in [-0.25, -0.2) is 19.2 Å². The normalized spacial score (nSPS) is 9.95. The Bertz CT molecular complexity index is 646. The van der Waals surface area contributed by atoms with Crippen molar-refractivity contribution in [1.82, 2.24) is 9.97 Å². The molecule has 0 saturated carbocycles. The van der Waals surface area contributed by atoms with Gasteiger partial charge in [0.15, 0.2) is 11.5 Å². The quantitative estimate of drug-likeness (QED) is 0.874. The number of nitrogens with zero attached hydrogens (tertiary/aromatic N) is 2. The molecule has 19 heavy (non-hydrogen) atoms. The van der Waals surface area contributed by atoms with Crippen LogP contribution >= 0.6 is 0 Å². The summed E-state index contributed by atoms with van der Waals surface area (Å²) in [6, 6.07) is 5.00. The summed E-state index contributed by atoms with van der Waals surface area (Å²) in [7, 11) is 0. The predicted octanol–water partition coefficient (Wildman–Crippen LogP) is 1.57. The van der Waals surface area contributed by atoms with Gasteiger partial charge < -0.3 is 10.4 Å². The van der Waals surface area contributed by atoms with Crippen molar-refractivity contribution in [3.8, 4) is 0 Å². The van der Waals surface area contributed by atoms with Crippen LogP contribution in [0.5, 0.6) is 0 Å². The molecule has 0 aliphatic heterocycles. The van der Waals surface area contributed by atoms with E-state index >= 15 is 0 Å². The van der Waals surface area contributed by atoms with Gasteiger partial charge in [0.25, 0.3) is 5.91 Å². The van der Waals surface area contributed by atoms with Crippen LogP contribution in [-0.2, 0) is 0 Å². The maximum absolute atomic E-state index is 13.0. The van der Waals surface area contributed by atoms with Crippen LogP contribution in [0.2, 0.25) is 0 Å². The summed E-state index contributed by atoms with van der Waals surface area (Å²) in [5.41, 5.74) is -0.325. The molecule has 0 aliphatic carbocycles. The Kier molecular flexibility index (Phi) is 3.46. The zero-order valence-corrected chi connectivity index (χ0v) is 9.50. The summed E-state index contributed by atoms with van der Waals surface area (Å²) in [6.07, 6.45) is 2.44. The van der Waals surface area contributed by atoms with Gasteiger partial charge in [-0.05, 0) is 18.2 Å². The molecule has 7 heteroatoms. The molecule has 6 nitrogen and oxygen atoms in total. The van der Waals surface area contributed by atoms with Gasteiger partial charge in [0.1, 0.15) is 5.82 Å². The zero-order chi connectivity index (χ0) is 13.8. The fourth-order valence-electron chi connectivity index (χ4n) is 1.40. The fourth-order valence-corrected chi connectivity index (χ4v) is 1.40. The van der Waals surface area contributed by atoms with Crippen LogP contribution in [0.3, 0.4) is 0 Å². The lowest BCUT2D eigenvalue weighted by atomic mass is 10.2. The van der Waals surface area contributed by atoms with Gasteiger partial charge in [-0.15, -0.1) is 0 Å². The molecule has 1 aromatic carbocycles. The number of aromatic carboxylic acids is 1. The highest BCUT2D eigenvalue weighted by Gasteiger charge is 2.16. The van der Waals surface area contributed by atoms with Crippen molar-refractivity contribution in [2.24, 2.45) is 0 Å². The summed E-state index contributed by atoms with van der Waals surface area (Å²) in [5, 5.41) is 11.2. The minimum absolute atomic E-state index is 0.0574. The standard InChI is InChI=1S/C12H8FN3O3/c13-8-3-1-2-7(6-8)11(17)16-10-9(12(18)19)14-4-5-15-10/h1-6H,(H,18,19)(H,15,16,17). The van der Waals surface area contributed by atoms with Gasteiger partial charge in [0, 0.05) is 18.0 Å². The first-order chi connectivity index (χ1) is 9.08. The number of hydrogen-bond acceptors (Lipinski definition) is 4. The highest BCUT2D eigenvalue weighted by molar-refractivity contribution is 6.06. The molecule has 1 amide bonds. The molecule has 1 aromatic heterocycles. The maximum atomic E-state index is 13.0. The van der Waals surface area contributed by atoms with Crippen LogP contribution in [0.1, 0.15) is 20.8 Å². The first kappa shape index (κ1) is 12.6. The SMILES string of the molecule is O=C(Nc1nccnc1C(=O)O)c1cccc(F)c1. The maximum Gasteiger partial charge on any atom is 0.358 e. The van der Waals surface area contributed by atoms with Gasteiger partial charge in [0.2, 0.25) is 0 Å². The van der Waals surface area contributed by atoms with E-state index in [2.05, 4.69) is 15.3 Å². The second-order valence-corrected chi connectivity index (χ2v) is 3.52. The average Bonchev–Trinajstić information content (AvgIpc) is 2.39. The number of hydrogen-bond donors (Lipinski definition) is 2. The van der Waals surface area contributed by atoms with E-state index in [4.69, 9.17) is 5.11 Å². The van der Waals surface area contributed by atoms with Crippen LogP contribution in [0.25, 0.3) is 0 Å². The Morgan fingerprint density at radius 2 is 1.95 bits per heavy atom. The van der Waals surface area contributed by atoms with Gasteiger partial charge >= 0.3 is 5.97 Å². The number of carboxylic acids is 1. The van der Waals surface area contributed by atoms with Crippen molar-refractivity contribution in [3.63, 3.8) is 0 Å². The number of amides is 1. The van der Waals surface area contributed by atoms with E-state index in [0.29, 0.717) is 0 Å². The van der Waals surface area contributed by atoms with Gasteiger partial charge in [0.05, 0.1) is 0 Å². The van der Waals surface area contributed by atoms with Gasteiger partial charge in [-0.3, -0.25) is 4.79 Å². The molecular formula is C12H8FN3O3. The lowest BCUT2D eigenvalue weighted by Gasteiger charge is -2.06. The number of halogens is 1. The molecule has 1 heterocycles. The Balaban J connectivity index is 2.27. The number of carbonyl (C=O) groups excluding carboxylic acids is 1. The first-order valence-corrected chi connectivity index (χ1v) is 5.19. The number of carboxylic acid groups (broad SMARTS) is 1. The van der Waals surface area contributed by atoms with Gasteiger partial charge in [-0.1, -0.05) is 6.07 Å². The minimum atomic E-state index is -1.32. The molecule has 2 aromatic rings. The molecule has 0 spiro atoms. The van der Waals surface area contributed by atoms with E-state index < -0.39 is 17.7 Å². The summed E-state index contributed by atoms with van der Waals surface area (Å²) >= 11 is 0. The minimum Gasteiger partial charge on any atom is -0.476 e. The third-order valence-corrected chi connectivity index (χ3v) is 2.22. The van der Waals surface area contributed by atoms with E-state index in [-0.39, 0.29) is 17.1 Å². The van der Waals surface area contributed by atoms with Crippen LogP contribution < -0.4 is 5.32 Å². The third-order valence-electron chi connectivity index (χ3n) is 2.22. The number of anilines is 1. The molecule has 0 atom stereocenters. The fraction of sp³-hybridized carbons (Fsp3) is 0. The van der Waals surface area contributed by atoms with E-state index in [0.717, 1.165) is 6.07 Å². The van der Waals surface area contributed by atoms with E-state index in [9.17, 15) is 14.0 Å². The van der Waals surface area contributed by atoms with Crippen molar-refractivity contribution < 1.29 is 19.1 Å². The Morgan fingerprint density at radius 1 is 1.21 bits per heavy atom. The smallest absolute Gasteiger partial charge is 0.358 e. The first-order valence-electron chi connectivity index (χ1n) is 5.19. The molecular weight excluding hydrogens is 253 g/mol. The summed E-state index contributed by atoms with van der Waals surface area (Å²) in [5.74, 6) is -2.74. The predicted molar refractivity (Wildman–Crippen MR) is 63.3 cm³/mol. The second-order valence-electron chi connectivity index (χ2n) is 3.52. The lowest BCUT2D eigenvalue weighted by molar-refractivity contribution is 0.0691. The van der Waals surface area contributed by atoms with Crippen molar-refractivity contribution in [3.05, 3.63) is 53.7 Å². The van der Waals surface area contributed by atoms with Crippen LogP contribution in [0, 0.1) is 5.82 Å². The molecule has 96 valence electrons. The van der Waals surface area contributed by atoms with Crippen LogP contribution in [-0.4, -0.2) is 27.0 Å². The van der Waals surface area contributed by atoms with Crippen LogP contribution in [0.15, 0.2) is 36.7 Å².